The molecule has 3 rings (SSSR count). The molecule has 1 aromatic heterocycles. The molecule has 0 spiro atoms. The minimum absolute atomic E-state index is 0.0205. The molecular formula is C15H17FN6O2. The van der Waals surface area contributed by atoms with Gasteiger partial charge in [-0.2, -0.15) is 4.98 Å². The molecule has 2 heterocycles. The van der Waals surface area contributed by atoms with E-state index < -0.39 is 5.91 Å². The molecule has 5 N–H and O–H groups in total. The molecule has 0 saturated carbocycles. The van der Waals surface area contributed by atoms with Gasteiger partial charge in [-0.1, -0.05) is 0 Å². The van der Waals surface area contributed by atoms with Crippen LogP contribution in [-0.4, -0.2) is 42.2 Å². The topological polar surface area (TPSA) is 119 Å². The Morgan fingerprint density at radius 2 is 2.08 bits per heavy atom. The summed E-state index contributed by atoms with van der Waals surface area (Å²) in [6.07, 6.45) is 1.23. The Kier molecular flexibility index (Phi) is 4.43. The van der Waals surface area contributed by atoms with Gasteiger partial charge in [0.05, 0.1) is 18.9 Å². The van der Waals surface area contributed by atoms with Crippen LogP contribution in [0.1, 0.15) is 10.4 Å². The first-order valence-corrected chi connectivity index (χ1v) is 7.36. The van der Waals surface area contributed by atoms with E-state index in [1.165, 1.54) is 12.3 Å². The van der Waals surface area contributed by atoms with Crippen LogP contribution in [-0.2, 0) is 4.74 Å². The van der Waals surface area contributed by atoms with Crippen LogP contribution in [0.5, 0.6) is 0 Å². The van der Waals surface area contributed by atoms with Crippen molar-refractivity contribution >= 4 is 29.0 Å². The lowest BCUT2D eigenvalue weighted by molar-refractivity contribution is 0.100. The van der Waals surface area contributed by atoms with Crippen molar-refractivity contribution in [3.05, 3.63) is 35.8 Å². The largest absolute Gasteiger partial charge is 0.378 e. The molecule has 1 amide bonds. The number of hydrogen-bond donors (Lipinski definition) is 3. The zero-order valence-electron chi connectivity index (χ0n) is 12.8. The summed E-state index contributed by atoms with van der Waals surface area (Å²) in [7, 11) is 0. The molecule has 1 aliphatic heterocycles. The predicted molar refractivity (Wildman–Crippen MR) is 87.7 cm³/mol. The molecule has 126 valence electrons. The van der Waals surface area contributed by atoms with Crippen LogP contribution in [0.2, 0.25) is 0 Å². The van der Waals surface area contributed by atoms with Crippen molar-refractivity contribution in [2.45, 2.75) is 0 Å². The van der Waals surface area contributed by atoms with Gasteiger partial charge in [-0.05, 0) is 18.2 Å². The summed E-state index contributed by atoms with van der Waals surface area (Å²) in [6, 6.07) is 4.68. The van der Waals surface area contributed by atoms with Crippen LogP contribution in [0.4, 0.5) is 27.5 Å². The molecule has 0 aliphatic carbocycles. The van der Waals surface area contributed by atoms with Gasteiger partial charge in [-0.3, -0.25) is 4.79 Å². The number of primary amides is 1. The first kappa shape index (κ1) is 15.9. The third-order valence-corrected chi connectivity index (χ3v) is 3.64. The van der Waals surface area contributed by atoms with Gasteiger partial charge in [0, 0.05) is 25.0 Å². The Hall–Kier alpha value is -2.94. The van der Waals surface area contributed by atoms with Gasteiger partial charge in [0.2, 0.25) is 5.95 Å². The van der Waals surface area contributed by atoms with Gasteiger partial charge >= 0.3 is 0 Å². The van der Waals surface area contributed by atoms with E-state index in [0.29, 0.717) is 37.7 Å². The molecule has 0 bridgehead atoms. The first-order chi connectivity index (χ1) is 11.5. The van der Waals surface area contributed by atoms with Crippen LogP contribution in [0.3, 0.4) is 0 Å². The van der Waals surface area contributed by atoms with Crippen LogP contribution in [0.25, 0.3) is 0 Å². The maximum atomic E-state index is 14.4. The van der Waals surface area contributed by atoms with Crippen molar-refractivity contribution in [3.8, 4) is 0 Å². The maximum Gasteiger partial charge on any atom is 0.254 e. The van der Waals surface area contributed by atoms with E-state index in [0.717, 1.165) is 0 Å². The third kappa shape index (κ3) is 3.35. The molecule has 1 aromatic carbocycles. The number of carbonyl (C=O) groups excluding carboxylic acids is 1. The zero-order valence-corrected chi connectivity index (χ0v) is 12.8. The number of nitrogens with one attached hydrogen (secondary N) is 1. The summed E-state index contributed by atoms with van der Waals surface area (Å²) >= 11 is 0. The average Bonchev–Trinajstić information content (AvgIpc) is 2.55. The minimum atomic E-state index is -0.706. The molecule has 1 saturated heterocycles. The Morgan fingerprint density at radius 3 is 2.75 bits per heavy atom. The van der Waals surface area contributed by atoms with Gasteiger partial charge < -0.3 is 26.4 Å². The second-order valence-electron chi connectivity index (χ2n) is 5.25. The van der Waals surface area contributed by atoms with E-state index in [1.54, 1.807) is 12.1 Å². The number of ether oxygens (including phenoxy) is 1. The number of anilines is 4. The second-order valence-corrected chi connectivity index (χ2v) is 5.25. The summed E-state index contributed by atoms with van der Waals surface area (Å²) < 4.78 is 19.7. The highest BCUT2D eigenvalue weighted by molar-refractivity contribution is 5.98. The molecule has 8 nitrogen and oxygen atoms in total. The lowest BCUT2D eigenvalue weighted by Gasteiger charge is -2.29. The number of halogens is 1. The highest BCUT2D eigenvalue weighted by atomic mass is 19.1. The van der Waals surface area contributed by atoms with E-state index in [4.69, 9.17) is 16.2 Å². The van der Waals surface area contributed by atoms with Crippen LogP contribution >= 0.6 is 0 Å². The molecule has 2 aromatic rings. The van der Waals surface area contributed by atoms with Crippen molar-refractivity contribution in [2.75, 3.05) is 42.3 Å². The molecule has 0 unspecified atom stereocenters. The molecular weight excluding hydrogens is 315 g/mol. The van der Waals surface area contributed by atoms with Gasteiger partial charge in [-0.15, -0.1) is 0 Å². The van der Waals surface area contributed by atoms with Gasteiger partial charge in [-0.25, -0.2) is 9.37 Å². The van der Waals surface area contributed by atoms with E-state index >= 15 is 0 Å². The van der Waals surface area contributed by atoms with Crippen LogP contribution in [0, 0.1) is 5.82 Å². The van der Waals surface area contributed by atoms with Crippen molar-refractivity contribution < 1.29 is 13.9 Å². The molecule has 0 atom stereocenters. The third-order valence-electron chi connectivity index (χ3n) is 3.64. The van der Waals surface area contributed by atoms with Gasteiger partial charge in [0.1, 0.15) is 17.2 Å². The normalized spacial score (nSPS) is 14.5. The Bertz CT molecular complexity index is 764. The van der Waals surface area contributed by atoms with E-state index in [-0.39, 0.29) is 23.1 Å². The smallest absolute Gasteiger partial charge is 0.254 e. The SMILES string of the molecule is NC(=O)c1cnc(N)nc1Nc1ccc(N2CCOCC2)c(F)c1. The molecule has 24 heavy (non-hydrogen) atoms. The number of rotatable bonds is 4. The van der Waals surface area contributed by atoms with E-state index in [9.17, 15) is 9.18 Å². The number of nitrogens with two attached hydrogens (primary N) is 2. The number of amides is 1. The zero-order chi connectivity index (χ0) is 17.1. The van der Waals surface area contributed by atoms with Crippen molar-refractivity contribution in [3.63, 3.8) is 0 Å². The summed E-state index contributed by atoms with van der Waals surface area (Å²) in [5.74, 6) is -0.978. The first-order valence-electron chi connectivity index (χ1n) is 7.36. The van der Waals surface area contributed by atoms with Crippen LogP contribution in [0.15, 0.2) is 24.4 Å². The summed E-state index contributed by atoms with van der Waals surface area (Å²) in [5, 5.41) is 2.85. The van der Waals surface area contributed by atoms with E-state index in [2.05, 4.69) is 15.3 Å². The molecule has 1 fully saturated rings. The van der Waals surface area contributed by atoms with Crippen LogP contribution < -0.4 is 21.7 Å². The number of hydrogen-bond acceptors (Lipinski definition) is 7. The summed E-state index contributed by atoms with van der Waals surface area (Å²) in [6.45, 7) is 2.42. The monoisotopic (exact) mass is 332 g/mol. The number of benzene rings is 1. The predicted octanol–water partition coefficient (Wildman–Crippen LogP) is 0.877. The standard InChI is InChI=1S/C15H17FN6O2/c16-11-7-9(1-2-12(11)22-3-5-24-6-4-22)20-14-10(13(17)23)8-19-15(18)21-14/h1-2,7-8H,3-6H2,(H2,17,23)(H3,18,19,20,21). The Balaban J connectivity index is 1.85. The molecule has 0 radical (unpaired) electrons. The molecule has 9 heteroatoms. The fourth-order valence-corrected chi connectivity index (χ4v) is 2.45. The maximum absolute atomic E-state index is 14.4. The quantitative estimate of drug-likeness (QED) is 0.760. The lowest BCUT2D eigenvalue weighted by atomic mass is 10.2. The minimum Gasteiger partial charge on any atom is -0.378 e. The highest BCUT2D eigenvalue weighted by Gasteiger charge is 2.16. The average molecular weight is 332 g/mol. The Labute approximate surface area is 137 Å². The second kappa shape index (κ2) is 6.67. The fourth-order valence-electron chi connectivity index (χ4n) is 2.45. The van der Waals surface area contributed by atoms with Gasteiger partial charge in [0.15, 0.2) is 0 Å². The number of nitrogens with zero attached hydrogens (tertiary/aromatic N) is 3. The number of carbonyl (C=O) groups is 1. The van der Waals surface area contributed by atoms with Crippen molar-refractivity contribution in [2.24, 2.45) is 5.73 Å². The lowest BCUT2D eigenvalue weighted by Crippen LogP contribution is -2.36. The number of morpholine rings is 1. The van der Waals surface area contributed by atoms with Crippen molar-refractivity contribution in [1.29, 1.82) is 0 Å². The summed E-state index contributed by atoms with van der Waals surface area (Å²) in [5.41, 5.74) is 11.8. The number of nitrogen functional groups attached to an aromatic ring is 1. The highest BCUT2D eigenvalue weighted by Crippen LogP contribution is 2.26. The molecule has 1 aliphatic rings. The van der Waals surface area contributed by atoms with Gasteiger partial charge in [0.25, 0.3) is 5.91 Å². The van der Waals surface area contributed by atoms with Crippen molar-refractivity contribution in [1.82, 2.24) is 9.97 Å². The Morgan fingerprint density at radius 1 is 1.33 bits per heavy atom. The van der Waals surface area contributed by atoms with E-state index in [1.807, 2.05) is 4.90 Å². The summed E-state index contributed by atoms with van der Waals surface area (Å²) in [4.78, 5) is 21.0. The number of aromatic nitrogens is 2. The fraction of sp³-hybridized carbons (Fsp3) is 0.267.